The van der Waals surface area contributed by atoms with Gasteiger partial charge in [0.1, 0.15) is 5.82 Å². The second kappa shape index (κ2) is 6.34. The van der Waals surface area contributed by atoms with Crippen LogP contribution in [0.4, 0.5) is 10.1 Å². The lowest BCUT2D eigenvalue weighted by atomic mass is 9.86. The highest BCUT2D eigenvalue weighted by molar-refractivity contribution is 5.48. The maximum atomic E-state index is 13.2. The van der Waals surface area contributed by atoms with E-state index in [4.69, 9.17) is 0 Å². The maximum absolute atomic E-state index is 13.2. The van der Waals surface area contributed by atoms with Crippen LogP contribution in [0.5, 0.6) is 0 Å². The lowest BCUT2D eigenvalue weighted by Gasteiger charge is -2.26. The Bertz CT molecular complexity index is 765. The fraction of sp³-hybridized carbons (Fsp3) is 0.500. The zero-order valence-corrected chi connectivity index (χ0v) is 15.2. The summed E-state index contributed by atoms with van der Waals surface area (Å²) in [6.45, 7) is 5.87. The molecule has 3 aliphatic rings. The van der Waals surface area contributed by atoms with Crippen molar-refractivity contribution in [3.05, 3.63) is 59.7 Å². The van der Waals surface area contributed by atoms with Crippen molar-refractivity contribution in [3.8, 4) is 0 Å². The Morgan fingerprint density at radius 1 is 1.00 bits per heavy atom. The van der Waals surface area contributed by atoms with Crippen molar-refractivity contribution in [1.29, 1.82) is 0 Å². The van der Waals surface area contributed by atoms with Gasteiger partial charge < -0.3 is 9.80 Å². The van der Waals surface area contributed by atoms with Crippen LogP contribution in [0.2, 0.25) is 0 Å². The van der Waals surface area contributed by atoms with Crippen molar-refractivity contribution in [3.63, 3.8) is 0 Å². The van der Waals surface area contributed by atoms with Crippen LogP contribution in [0, 0.1) is 17.2 Å². The molecule has 3 heterocycles. The number of hydrogen-bond acceptors (Lipinski definition) is 3. The quantitative estimate of drug-likeness (QED) is 0.843. The van der Waals surface area contributed by atoms with Gasteiger partial charge in [0.25, 0.3) is 0 Å². The van der Waals surface area contributed by atoms with Crippen LogP contribution in [0.3, 0.4) is 0 Å². The minimum atomic E-state index is -0.150. The normalized spacial score (nSPS) is 28.2. The monoisotopic (exact) mass is 351 g/mol. The zero-order valence-electron chi connectivity index (χ0n) is 15.2. The predicted molar refractivity (Wildman–Crippen MR) is 102 cm³/mol. The number of anilines is 1. The van der Waals surface area contributed by atoms with Gasteiger partial charge in [0.05, 0.1) is 0 Å². The van der Waals surface area contributed by atoms with E-state index in [-0.39, 0.29) is 5.82 Å². The Kier molecular flexibility index (Phi) is 3.96. The fourth-order valence-corrected chi connectivity index (χ4v) is 5.35. The first kappa shape index (κ1) is 16.2. The lowest BCUT2D eigenvalue weighted by Crippen LogP contribution is -2.33. The van der Waals surface area contributed by atoms with Crippen molar-refractivity contribution in [2.75, 3.05) is 37.6 Å². The summed E-state index contributed by atoms with van der Waals surface area (Å²) in [6, 6.07) is 9.19. The van der Waals surface area contributed by atoms with Crippen molar-refractivity contribution < 1.29 is 4.39 Å². The van der Waals surface area contributed by atoms with Crippen LogP contribution in [-0.2, 0) is 12.8 Å². The van der Waals surface area contributed by atoms with Crippen LogP contribution in [0.25, 0.3) is 0 Å². The molecule has 2 saturated heterocycles. The van der Waals surface area contributed by atoms with E-state index >= 15 is 0 Å². The van der Waals surface area contributed by atoms with E-state index in [1.807, 2.05) is 18.3 Å². The number of halogens is 1. The highest BCUT2D eigenvalue weighted by atomic mass is 19.1. The Labute approximate surface area is 154 Å². The second-order valence-corrected chi connectivity index (χ2v) is 8.55. The molecule has 2 atom stereocenters. The molecule has 1 aromatic heterocycles. The van der Waals surface area contributed by atoms with Gasteiger partial charge in [-0.05, 0) is 79.6 Å². The van der Waals surface area contributed by atoms with Crippen molar-refractivity contribution >= 4 is 5.69 Å². The number of likely N-dealkylation sites (tertiary alicyclic amines) is 1. The first-order valence-electron chi connectivity index (χ1n) is 9.84. The highest BCUT2D eigenvalue weighted by Crippen LogP contribution is 2.41. The molecule has 26 heavy (non-hydrogen) atoms. The van der Waals surface area contributed by atoms with E-state index in [9.17, 15) is 4.39 Å². The van der Waals surface area contributed by atoms with Crippen molar-refractivity contribution in [2.24, 2.45) is 11.3 Å². The molecule has 2 aromatic rings. The average Bonchev–Trinajstić information content (AvgIpc) is 3.35. The smallest absolute Gasteiger partial charge is 0.123 e. The predicted octanol–water partition coefficient (Wildman–Crippen LogP) is 3.54. The van der Waals surface area contributed by atoms with Gasteiger partial charge in [0.15, 0.2) is 0 Å². The van der Waals surface area contributed by atoms with E-state index in [2.05, 4.69) is 27.0 Å². The molecule has 1 spiro atoms. The third kappa shape index (κ3) is 3.01. The number of nitrogens with zero attached hydrogens (tertiary/aromatic N) is 3. The first-order chi connectivity index (χ1) is 12.7. The van der Waals surface area contributed by atoms with Gasteiger partial charge in [0, 0.05) is 49.7 Å². The topological polar surface area (TPSA) is 19.4 Å². The van der Waals surface area contributed by atoms with E-state index in [0.717, 1.165) is 19.0 Å². The van der Waals surface area contributed by atoms with Gasteiger partial charge in [-0.2, -0.15) is 0 Å². The Hall–Kier alpha value is -1.94. The van der Waals surface area contributed by atoms with Gasteiger partial charge >= 0.3 is 0 Å². The summed E-state index contributed by atoms with van der Waals surface area (Å²) in [5.41, 5.74) is 4.55. The molecule has 3 nitrogen and oxygen atoms in total. The molecule has 0 amide bonds. The maximum Gasteiger partial charge on any atom is 0.123 e. The molecule has 0 radical (unpaired) electrons. The van der Waals surface area contributed by atoms with Crippen LogP contribution < -0.4 is 4.90 Å². The zero-order chi connectivity index (χ0) is 17.6. The summed E-state index contributed by atoms with van der Waals surface area (Å²) in [5, 5.41) is 0. The molecule has 4 heteroatoms. The summed E-state index contributed by atoms with van der Waals surface area (Å²) in [5.74, 6) is 0.599. The first-order valence-corrected chi connectivity index (χ1v) is 9.84. The number of rotatable bonds is 3. The van der Waals surface area contributed by atoms with E-state index in [1.165, 1.54) is 62.1 Å². The van der Waals surface area contributed by atoms with Crippen molar-refractivity contribution in [1.82, 2.24) is 9.88 Å². The summed E-state index contributed by atoms with van der Waals surface area (Å²) >= 11 is 0. The molecule has 2 fully saturated rings. The summed E-state index contributed by atoms with van der Waals surface area (Å²) in [6.07, 6.45) is 8.94. The van der Waals surface area contributed by atoms with Crippen molar-refractivity contribution in [2.45, 2.75) is 25.7 Å². The van der Waals surface area contributed by atoms with Crippen LogP contribution in [0.15, 0.2) is 42.7 Å². The molecule has 5 rings (SSSR count). The summed E-state index contributed by atoms with van der Waals surface area (Å²) in [7, 11) is 0. The molecular formula is C22H26FN3. The average molecular weight is 351 g/mol. The lowest BCUT2D eigenvalue weighted by molar-refractivity contribution is 0.243. The van der Waals surface area contributed by atoms with Gasteiger partial charge in [-0.1, -0.05) is 0 Å². The molecule has 136 valence electrons. The summed E-state index contributed by atoms with van der Waals surface area (Å²) < 4.78 is 13.2. The molecule has 1 aliphatic carbocycles. The number of benzene rings is 1. The van der Waals surface area contributed by atoms with E-state index in [0.29, 0.717) is 5.41 Å². The molecule has 0 saturated carbocycles. The SMILES string of the molecule is Fc1ccc(N2CCC3(CCN(CC4Cc5ccncc5C4)C3)C2)cc1. The third-order valence-corrected chi connectivity index (χ3v) is 6.69. The standard InChI is InChI=1S/C22H26FN3/c23-20-1-3-21(4-2-20)26-10-7-22(16-26)6-9-25(15-22)14-17-11-18-5-8-24-13-19(18)12-17/h1-5,8,13,17H,6-7,9-12,14-16H2. The molecular weight excluding hydrogens is 325 g/mol. The van der Waals surface area contributed by atoms with Crippen LogP contribution in [0.1, 0.15) is 24.0 Å². The summed E-state index contributed by atoms with van der Waals surface area (Å²) in [4.78, 5) is 9.42. The third-order valence-electron chi connectivity index (χ3n) is 6.69. The number of hydrogen-bond donors (Lipinski definition) is 0. The van der Waals surface area contributed by atoms with Gasteiger partial charge in [-0.15, -0.1) is 0 Å². The Balaban J connectivity index is 1.19. The van der Waals surface area contributed by atoms with Gasteiger partial charge in [-0.25, -0.2) is 4.39 Å². The molecule has 1 aromatic carbocycles. The number of aromatic nitrogens is 1. The van der Waals surface area contributed by atoms with Crippen LogP contribution in [-0.4, -0.2) is 42.6 Å². The number of fused-ring (bicyclic) bond motifs is 1. The molecule has 2 unspecified atom stereocenters. The largest absolute Gasteiger partial charge is 0.371 e. The second-order valence-electron chi connectivity index (χ2n) is 8.55. The molecule has 2 aliphatic heterocycles. The number of pyridine rings is 1. The van der Waals surface area contributed by atoms with Gasteiger partial charge in [-0.3, -0.25) is 4.98 Å². The van der Waals surface area contributed by atoms with E-state index in [1.54, 1.807) is 12.1 Å². The minimum Gasteiger partial charge on any atom is -0.371 e. The molecule has 0 bridgehead atoms. The Morgan fingerprint density at radius 2 is 1.81 bits per heavy atom. The van der Waals surface area contributed by atoms with Gasteiger partial charge in [0.2, 0.25) is 0 Å². The van der Waals surface area contributed by atoms with E-state index < -0.39 is 0 Å². The Morgan fingerprint density at radius 3 is 2.65 bits per heavy atom. The highest BCUT2D eigenvalue weighted by Gasteiger charge is 2.44. The minimum absolute atomic E-state index is 0.150. The fourth-order valence-electron chi connectivity index (χ4n) is 5.35. The van der Waals surface area contributed by atoms with Crippen LogP contribution >= 0.6 is 0 Å². The molecule has 0 N–H and O–H groups in total.